The second-order valence-corrected chi connectivity index (χ2v) is 7.77. The van der Waals surface area contributed by atoms with Crippen LogP contribution in [0, 0.1) is 0 Å². The van der Waals surface area contributed by atoms with Crippen molar-refractivity contribution in [2.45, 2.75) is 51.1 Å². The van der Waals surface area contributed by atoms with Gasteiger partial charge in [0.05, 0.1) is 7.11 Å². The number of likely N-dealkylation sites (tertiary alicyclic amines) is 2. The molecule has 1 aromatic carbocycles. The minimum absolute atomic E-state index is 0.183. The van der Waals surface area contributed by atoms with Crippen LogP contribution in [-0.2, 0) is 4.79 Å². The molecule has 0 spiro atoms. The van der Waals surface area contributed by atoms with Gasteiger partial charge in [-0.25, -0.2) is 0 Å². The number of hydrogen-bond acceptors (Lipinski definition) is 4. The molecule has 2 saturated heterocycles. The number of ether oxygens (including phenoxy) is 1. The topological polar surface area (TPSA) is 44.8 Å². The number of benzene rings is 1. The first-order chi connectivity index (χ1) is 12.0. The maximum atomic E-state index is 13.0. The van der Waals surface area contributed by atoms with E-state index in [2.05, 4.69) is 10.2 Å². The molecule has 1 aromatic rings. The lowest BCUT2D eigenvalue weighted by Gasteiger charge is -2.34. The molecule has 3 rings (SSSR count). The van der Waals surface area contributed by atoms with E-state index >= 15 is 0 Å². The Hall–Kier alpha value is -1.75. The van der Waals surface area contributed by atoms with Gasteiger partial charge in [-0.3, -0.25) is 9.69 Å². The maximum Gasteiger partial charge on any atom is 0.247 e. The smallest absolute Gasteiger partial charge is 0.247 e. The van der Waals surface area contributed by atoms with Crippen LogP contribution >= 0.6 is 0 Å². The summed E-state index contributed by atoms with van der Waals surface area (Å²) in [7, 11) is 1.65. The van der Waals surface area contributed by atoms with Crippen molar-refractivity contribution in [3.63, 3.8) is 0 Å². The number of rotatable bonds is 5. The first-order valence-electron chi connectivity index (χ1n) is 9.45. The highest BCUT2D eigenvalue weighted by atomic mass is 16.5. The molecule has 0 aliphatic carbocycles. The minimum Gasteiger partial charge on any atom is -0.497 e. The zero-order valence-corrected chi connectivity index (χ0v) is 15.8. The number of carbonyl (C=O) groups excluding carboxylic acids is 1. The lowest BCUT2D eigenvalue weighted by molar-refractivity contribution is -0.134. The minimum atomic E-state index is -0.620. The Morgan fingerprint density at radius 1 is 1.12 bits per heavy atom. The quantitative estimate of drug-likeness (QED) is 0.891. The van der Waals surface area contributed by atoms with Crippen LogP contribution in [0.15, 0.2) is 24.3 Å². The summed E-state index contributed by atoms with van der Waals surface area (Å²) in [6.07, 6.45) is 5.05. The lowest BCUT2D eigenvalue weighted by Crippen LogP contribution is -2.50. The van der Waals surface area contributed by atoms with Crippen molar-refractivity contribution in [3.8, 4) is 5.75 Å². The van der Waals surface area contributed by atoms with Crippen LogP contribution in [0.4, 0.5) is 5.69 Å². The van der Waals surface area contributed by atoms with Gasteiger partial charge >= 0.3 is 0 Å². The number of nitrogens with zero attached hydrogens (tertiary/aromatic N) is 2. The molecule has 0 aromatic heterocycles. The van der Waals surface area contributed by atoms with Crippen LogP contribution in [0.3, 0.4) is 0 Å². The monoisotopic (exact) mass is 345 g/mol. The van der Waals surface area contributed by atoms with Crippen molar-refractivity contribution in [3.05, 3.63) is 24.3 Å². The molecule has 2 aliphatic rings. The molecule has 1 atom stereocenters. The van der Waals surface area contributed by atoms with Crippen LogP contribution in [0.1, 0.15) is 39.5 Å². The van der Waals surface area contributed by atoms with Gasteiger partial charge in [-0.2, -0.15) is 0 Å². The molecule has 5 heteroatoms. The normalized spacial score (nSPS) is 22.0. The van der Waals surface area contributed by atoms with Gasteiger partial charge in [-0.15, -0.1) is 0 Å². The van der Waals surface area contributed by atoms with E-state index in [1.54, 1.807) is 7.11 Å². The molecule has 2 heterocycles. The summed E-state index contributed by atoms with van der Waals surface area (Å²) in [5.41, 5.74) is 0.316. The van der Waals surface area contributed by atoms with Crippen LogP contribution in [0.25, 0.3) is 0 Å². The van der Waals surface area contributed by atoms with Gasteiger partial charge < -0.3 is 15.0 Å². The third-order valence-electron chi connectivity index (χ3n) is 5.44. The van der Waals surface area contributed by atoms with E-state index in [1.807, 2.05) is 43.0 Å². The average Bonchev–Trinajstić information content (AvgIpc) is 3.12. The van der Waals surface area contributed by atoms with Crippen molar-refractivity contribution in [2.24, 2.45) is 0 Å². The molecule has 1 amide bonds. The SMILES string of the molecule is COc1ccc(NC(C)(C)C(=O)N2CCC(N3CCCCC3)C2)cc1. The van der Waals surface area contributed by atoms with Gasteiger partial charge in [0, 0.05) is 24.8 Å². The Morgan fingerprint density at radius 3 is 2.44 bits per heavy atom. The van der Waals surface area contributed by atoms with E-state index in [-0.39, 0.29) is 5.91 Å². The molecule has 1 N–H and O–H groups in total. The molecule has 0 saturated carbocycles. The summed E-state index contributed by atoms with van der Waals surface area (Å²) < 4.78 is 5.19. The van der Waals surface area contributed by atoms with Crippen molar-refractivity contribution in [1.29, 1.82) is 0 Å². The predicted molar refractivity (Wildman–Crippen MR) is 101 cm³/mol. The summed E-state index contributed by atoms with van der Waals surface area (Å²) in [5, 5.41) is 3.38. The first-order valence-corrected chi connectivity index (χ1v) is 9.45. The van der Waals surface area contributed by atoms with Gasteiger partial charge in [0.15, 0.2) is 0 Å². The Morgan fingerprint density at radius 2 is 1.80 bits per heavy atom. The molecule has 1 unspecified atom stereocenters. The summed E-state index contributed by atoms with van der Waals surface area (Å²) in [5.74, 6) is 1.00. The third-order valence-corrected chi connectivity index (χ3v) is 5.44. The highest BCUT2D eigenvalue weighted by Gasteiger charge is 2.37. The lowest BCUT2D eigenvalue weighted by atomic mass is 10.0. The number of hydrogen-bond donors (Lipinski definition) is 1. The summed E-state index contributed by atoms with van der Waals surface area (Å²) in [4.78, 5) is 17.7. The largest absolute Gasteiger partial charge is 0.497 e. The Kier molecular flexibility index (Phi) is 5.52. The van der Waals surface area contributed by atoms with E-state index in [0.29, 0.717) is 6.04 Å². The molecule has 138 valence electrons. The number of piperidine rings is 1. The van der Waals surface area contributed by atoms with Crippen LogP contribution < -0.4 is 10.1 Å². The Labute approximate surface area is 151 Å². The highest BCUT2D eigenvalue weighted by Crippen LogP contribution is 2.25. The van der Waals surface area contributed by atoms with E-state index in [1.165, 1.54) is 32.4 Å². The maximum absolute atomic E-state index is 13.0. The fraction of sp³-hybridized carbons (Fsp3) is 0.650. The molecule has 25 heavy (non-hydrogen) atoms. The zero-order valence-electron chi connectivity index (χ0n) is 15.8. The van der Waals surface area contributed by atoms with Gasteiger partial charge in [-0.05, 0) is 70.5 Å². The van der Waals surface area contributed by atoms with Crippen molar-refractivity contribution < 1.29 is 9.53 Å². The number of nitrogens with one attached hydrogen (secondary N) is 1. The van der Waals surface area contributed by atoms with Crippen molar-refractivity contribution >= 4 is 11.6 Å². The number of carbonyl (C=O) groups is 1. The zero-order chi connectivity index (χ0) is 17.9. The van der Waals surface area contributed by atoms with Gasteiger partial charge in [0.25, 0.3) is 0 Å². The third kappa shape index (κ3) is 4.27. The first kappa shape index (κ1) is 18.1. The molecule has 2 aliphatic heterocycles. The Bertz CT molecular complexity index is 579. The molecule has 0 radical (unpaired) electrons. The number of amides is 1. The van der Waals surface area contributed by atoms with Crippen LogP contribution in [-0.4, -0.2) is 60.6 Å². The molecular formula is C20H31N3O2. The van der Waals surface area contributed by atoms with Crippen molar-refractivity contribution in [1.82, 2.24) is 9.80 Å². The van der Waals surface area contributed by atoms with E-state index < -0.39 is 5.54 Å². The number of methoxy groups -OCH3 is 1. The fourth-order valence-corrected chi connectivity index (χ4v) is 3.99. The second-order valence-electron chi connectivity index (χ2n) is 7.77. The summed E-state index contributed by atoms with van der Waals surface area (Å²) >= 11 is 0. The predicted octanol–water partition coefficient (Wildman–Crippen LogP) is 2.97. The second kappa shape index (κ2) is 7.65. The number of anilines is 1. The fourth-order valence-electron chi connectivity index (χ4n) is 3.99. The van der Waals surface area contributed by atoms with Crippen LogP contribution in [0.5, 0.6) is 5.75 Å². The molecule has 2 fully saturated rings. The van der Waals surface area contributed by atoms with Crippen LogP contribution in [0.2, 0.25) is 0 Å². The van der Waals surface area contributed by atoms with E-state index in [9.17, 15) is 4.79 Å². The van der Waals surface area contributed by atoms with Gasteiger partial charge in [0.2, 0.25) is 5.91 Å². The molecule has 5 nitrogen and oxygen atoms in total. The van der Waals surface area contributed by atoms with Crippen molar-refractivity contribution in [2.75, 3.05) is 38.6 Å². The van der Waals surface area contributed by atoms with E-state index in [4.69, 9.17) is 4.74 Å². The highest BCUT2D eigenvalue weighted by molar-refractivity contribution is 5.88. The summed E-state index contributed by atoms with van der Waals surface area (Å²) in [6, 6.07) is 8.26. The van der Waals surface area contributed by atoms with Gasteiger partial charge in [0.1, 0.15) is 11.3 Å². The Balaban J connectivity index is 1.58. The molecule has 0 bridgehead atoms. The van der Waals surface area contributed by atoms with E-state index in [0.717, 1.165) is 30.9 Å². The van der Waals surface area contributed by atoms with Gasteiger partial charge in [-0.1, -0.05) is 6.42 Å². The standard InChI is InChI=1S/C20H31N3O2/c1-20(2,21-16-7-9-18(25-3)10-8-16)19(24)23-14-11-17(15-23)22-12-5-4-6-13-22/h7-10,17,21H,4-6,11-15H2,1-3H3. The summed E-state index contributed by atoms with van der Waals surface area (Å²) in [6.45, 7) is 8.06. The average molecular weight is 345 g/mol. The molecular weight excluding hydrogens is 314 g/mol.